The molecule has 24 heavy (non-hydrogen) atoms. The van der Waals surface area contributed by atoms with Crippen LogP contribution in [0.15, 0.2) is 36.4 Å². The Morgan fingerprint density at radius 1 is 1.12 bits per heavy atom. The fraction of sp³-hybridized carbons (Fsp3) is 0.235. The first-order valence-corrected chi connectivity index (χ1v) is 7.47. The Bertz CT molecular complexity index is 721. The lowest BCUT2D eigenvalue weighted by Crippen LogP contribution is -2.30. The van der Waals surface area contributed by atoms with Gasteiger partial charge < -0.3 is 19.5 Å². The molecule has 0 aliphatic heterocycles. The fourth-order valence-electron chi connectivity index (χ4n) is 1.96. The van der Waals surface area contributed by atoms with Crippen LogP contribution in [0.25, 0.3) is 0 Å². The molecule has 0 aromatic heterocycles. The summed E-state index contributed by atoms with van der Waals surface area (Å²) in [6, 6.07) is 8.52. The fourth-order valence-corrected chi connectivity index (χ4v) is 2.19. The first kappa shape index (κ1) is 17.9. The van der Waals surface area contributed by atoms with Crippen LogP contribution >= 0.6 is 11.6 Å². The van der Waals surface area contributed by atoms with Gasteiger partial charge in [0.2, 0.25) is 0 Å². The van der Waals surface area contributed by atoms with E-state index in [4.69, 9.17) is 25.8 Å². The van der Waals surface area contributed by atoms with E-state index < -0.39 is 12.0 Å². The summed E-state index contributed by atoms with van der Waals surface area (Å²) in [6.45, 7) is 1.58. The normalized spacial score (nSPS) is 11.5. The molecule has 0 bridgehead atoms. The minimum atomic E-state index is -0.804. The highest BCUT2D eigenvalue weighted by Gasteiger charge is 2.18. The molecular formula is C17H17ClFNO4. The van der Waals surface area contributed by atoms with Crippen LogP contribution in [0, 0.1) is 5.82 Å². The van der Waals surface area contributed by atoms with Gasteiger partial charge in [-0.2, -0.15) is 0 Å². The molecule has 2 rings (SSSR count). The summed E-state index contributed by atoms with van der Waals surface area (Å²) in [6.07, 6.45) is -0.804. The second-order valence-corrected chi connectivity index (χ2v) is 5.30. The van der Waals surface area contributed by atoms with Gasteiger partial charge in [-0.15, -0.1) is 0 Å². The third kappa shape index (κ3) is 4.29. The smallest absolute Gasteiger partial charge is 0.265 e. The van der Waals surface area contributed by atoms with Gasteiger partial charge in [-0.3, -0.25) is 4.79 Å². The summed E-state index contributed by atoms with van der Waals surface area (Å²) >= 11 is 6.03. The Morgan fingerprint density at radius 3 is 2.33 bits per heavy atom. The van der Waals surface area contributed by atoms with Crippen LogP contribution in [0.2, 0.25) is 5.02 Å². The molecule has 1 N–H and O–H groups in total. The van der Waals surface area contributed by atoms with Gasteiger partial charge in [0, 0.05) is 12.1 Å². The summed E-state index contributed by atoms with van der Waals surface area (Å²) in [7, 11) is 2.94. The van der Waals surface area contributed by atoms with E-state index in [0.717, 1.165) is 0 Å². The van der Waals surface area contributed by atoms with Crippen molar-refractivity contribution in [3.05, 3.63) is 47.2 Å². The van der Waals surface area contributed by atoms with Crippen molar-refractivity contribution in [1.82, 2.24) is 0 Å². The molecule has 0 spiro atoms. The van der Waals surface area contributed by atoms with Crippen LogP contribution in [-0.2, 0) is 4.79 Å². The summed E-state index contributed by atoms with van der Waals surface area (Å²) in [5, 5.41) is 3.06. The molecule has 1 unspecified atom stereocenters. The summed E-state index contributed by atoms with van der Waals surface area (Å²) in [5.41, 5.74) is 0.401. The van der Waals surface area contributed by atoms with Crippen LogP contribution in [-0.4, -0.2) is 26.2 Å². The second-order valence-electron chi connectivity index (χ2n) is 4.89. The van der Waals surface area contributed by atoms with Crippen molar-refractivity contribution < 1.29 is 23.4 Å². The first-order chi connectivity index (χ1) is 11.4. The van der Waals surface area contributed by atoms with E-state index in [9.17, 15) is 9.18 Å². The minimum Gasteiger partial charge on any atom is -0.495 e. The highest BCUT2D eigenvalue weighted by molar-refractivity contribution is 6.32. The van der Waals surface area contributed by atoms with Crippen molar-refractivity contribution in [1.29, 1.82) is 0 Å². The number of benzene rings is 2. The maximum atomic E-state index is 12.9. The molecule has 0 aliphatic rings. The quantitative estimate of drug-likeness (QED) is 0.855. The van der Waals surface area contributed by atoms with Gasteiger partial charge in [0.25, 0.3) is 5.91 Å². The van der Waals surface area contributed by atoms with E-state index in [1.165, 1.54) is 38.5 Å². The molecule has 1 atom stereocenters. The number of carbonyl (C=O) groups is 1. The van der Waals surface area contributed by atoms with Gasteiger partial charge in [-0.1, -0.05) is 11.6 Å². The van der Waals surface area contributed by atoms with E-state index in [-0.39, 0.29) is 5.82 Å². The number of ether oxygens (including phenoxy) is 3. The highest BCUT2D eigenvalue weighted by Crippen LogP contribution is 2.35. The predicted octanol–water partition coefficient (Wildman–Crippen LogP) is 3.90. The number of amides is 1. The lowest BCUT2D eigenvalue weighted by molar-refractivity contribution is -0.122. The largest absolute Gasteiger partial charge is 0.495 e. The third-order valence-electron chi connectivity index (χ3n) is 3.23. The van der Waals surface area contributed by atoms with Gasteiger partial charge >= 0.3 is 0 Å². The van der Waals surface area contributed by atoms with Crippen molar-refractivity contribution >= 4 is 23.2 Å². The minimum absolute atomic E-state index is 0.364. The second kappa shape index (κ2) is 7.88. The molecule has 0 fully saturated rings. The molecule has 1 amide bonds. The van der Waals surface area contributed by atoms with E-state index in [1.54, 1.807) is 19.1 Å². The maximum absolute atomic E-state index is 12.9. The Kier molecular flexibility index (Phi) is 5.87. The average Bonchev–Trinajstić information content (AvgIpc) is 2.57. The lowest BCUT2D eigenvalue weighted by atomic mass is 10.2. The monoisotopic (exact) mass is 353 g/mol. The standard InChI is InChI=1S/C17H17ClFNO4/c1-10(24-12-6-4-11(19)5-7-12)17(21)20-14-9-15(22-2)13(18)8-16(14)23-3/h4-10H,1-3H3,(H,20,21). The zero-order valence-corrected chi connectivity index (χ0v) is 14.2. The van der Waals surface area contributed by atoms with Crippen LogP contribution in [0.4, 0.5) is 10.1 Å². The molecule has 5 nitrogen and oxygen atoms in total. The van der Waals surface area contributed by atoms with Crippen molar-refractivity contribution in [2.24, 2.45) is 0 Å². The van der Waals surface area contributed by atoms with Gasteiger partial charge in [-0.25, -0.2) is 4.39 Å². The Morgan fingerprint density at radius 2 is 1.75 bits per heavy atom. The number of anilines is 1. The van der Waals surface area contributed by atoms with Gasteiger partial charge in [0.1, 0.15) is 23.1 Å². The Labute approximate surface area is 144 Å². The van der Waals surface area contributed by atoms with Crippen molar-refractivity contribution in [3.63, 3.8) is 0 Å². The first-order valence-electron chi connectivity index (χ1n) is 7.09. The van der Waals surface area contributed by atoms with Gasteiger partial charge in [0.15, 0.2) is 6.10 Å². The maximum Gasteiger partial charge on any atom is 0.265 e. The van der Waals surface area contributed by atoms with E-state index in [0.29, 0.717) is 28.0 Å². The van der Waals surface area contributed by atoms with E-state index >= 15 is 0 Å². The van der Waals surface area contributed by atoms with Crippen LogP contribution in [0.3, 0.4) is 0 Å². The summed E-state index contributed by atoms with van der Waals surface area (Å²) in [5.74, 6) is 0.405. The SMILES string of the molecule is COc1cc(NC(=O)C(C)Oc2ccc(F)cc2)c(OC)cc1Cl. The van der Waals surface area contributed by atoms with Crippen molar-refractivity contribution in [2.45, 2.75) is 13.0 Å². The number of rotatable bonds is 6. The van der Waals surface area contributed by atoms with Crippen LogP contribution < -0.4 is 19.5 Å². The predicted molar refractivity (Wildman–Crippen MR) is 89.7 cm³/mol. The molecule has 128 valence electrons. The van der Waals surface area contributed by atoms with E-state index in [1.807, 2.05) is 0 Å². The zero-order valence-electron chi connectivity index (χ0n) is 13.4. The Balaban J connectivity index is 2.12. The molecule has 2 aromatic carbocycles. The lowest BCUT2D eigenvalue weighted by Gasteiger charge is -2.17. The molecule has 0 heterocycles. The Hall–Kier alpha value is -2.47. The summed E-state index contributed by atoms with van der Waals surface area (Å²) < 4.78 is 28.7. The van der Waals surface area contributed by atoms with Gasteiger partial charge in [-0.05, 0) is 31.2 Å². The molecule has 0 aliphatic carbocycles. The molecule has 2 aromatic rings. The molecule has 0 saturated carbocycles. The van der Waals surface area contributed by atoms with Gasteiger partial charge in [0.05, 0.1) is 24.9 Å². The topological polar surface area (TPSA) is 56.8 Å². The number of hydrogen-bond acceptors (Lipinski definition) is 4. The van der Waals surface area contributed by atoms with Crippen molar-refractivity contribution in [3.8, 4) is 17.2 Å². The third-order valence-corrected chi connectivity index (χ3v) is 3.52. The zero-order chi connectivity index (χ0) is 17.7. The highest BCUT2D eigenvalue weighted by atomic mass is 35.5. The molecule has 7 heteroatoms. The number of hydrogen-bond donors (Lipinski definition) is 1. The number of nitrogens with one attached hydrogen (secondary N) is 1. The number of carbonyl (C=O) groups excluding carboxylic acids is 1. The van der Waals surface area contributed by atoms with E-state index in [2.05, 4.69) is 5.32 Å². The molecular weight excluding hydrogens is 337 g/mol. The van der Waals surface area contributed by atoms with Crippen LogP contribution in [0.5, 0.6) is 17.2 Å². The van der Waals surface area contributed by atoms with Crippen molar-refractivity contribution in [2.75, 3.05) is 19.5 Å². The average molecular weight is 354 g/mol. The number of halogens is 2. The number of methoxy groups -OCH3 is 2. The molecule has 0 radical (unpaired) electrons. The molecule has 0 saturated heterocycles. The summed E-state index contributed by atoms with van der Waals surface area (Å²) in [4.78, 5) is 12.3. The van der Waals surface area contributed by atoms with Crippen LogP contribution in [0.1, 0.15) is 6.92 Å².